The molecule has 1 aliphatic heterocycles. The molecule has 4 fully saturated rings. The number of carbonyl (C=O) groups excluding carboxylic acids is 2. The van der Waals surface area contributed by atoms with Crippen molar-refractivity contribution in [3.63, 3.8) is 0 Å². The average Bonchev–Trinajstić information content (AvgIpc) is 3.25. The molecule has 0 saturated heterocycles. The van der Waals surface area contributed by atoms with Gasteiger partial charge in [-0.2, -0.15) is 0 Å². The lowest BCUT2D eigenvalue weighted by molar-refractivity contribution is -0.143. The van der Waals surface area contributed by atoms with Gasteiger partial charge >= 0.3 is 5.97 Å². The minimum absolute atomic E-state index is 0.00240. The van der Waals surface area contributed by atoms with Crippen LogP contribution < -0.4 is 10.6 Å². The molecule has 1 amide bonds. The highest BCUT2D eigenvalue weighted by molar-refractivity contribution is 5.95. The van der Waals surface area contributed by atoms with Gasteiger partial charge in [-0.05, 0) is 85.6 Å². The third-order valence-electron chi connectivity index (χ3n) is 9.32. The number of H-pyrrole nitrogens is 1. The molecular formula is C30H33N3O3. The maximum Gasteiger partial charge on any atom is 0.323 e. The molecule has 0 spiro atoms. The predicted molar refractivity (Wildman–Crippen MR) is 138 cm³/mol. The van der Waals surface area contributed by atoms with Gasteiger partial charge in [0.25, 0.3) is 5.91 Å². The second-order valence-electron chi connectivity index (χ2n) is 11.7. The number of methoxy groups -OCH3 is 1. The Labute approximate surface area is 211 Å². The van der Waals surface area contributed by atoms with Gasteiger partial charge in [0.2, 0.25) is 0 Å². The number of esters is 1. The lowest BCUT2D eigenvalue weighted by Crippen LogP contribution is -2.59. The fourth-order valence-corrected chi connectivity index (χ4v) is 8.19. The van der Waals surface area contributed by atoms with Crippen LogP contribution in [0.15, 0.2) is 48.5 Å². The van der Waals surface area contributed by atoms with Crippen LogP contribution in [0.5, 0.6) is 0 Å². The number of ether oxygens (including phenoxy) is 1. The van der Waals surface area contributed by atoms with Gasteiger partial charge in [0.05, 0.1) is 13.2 Å². The summed E-state index contributed by atoms with van der Waals surface area (Å²) in [5.74, 6) is 2.17. The summed E-state index contributed by atoms with van der Waals surface area (Å²) in [7, 11) is 1.43. The van der Waals surface area contributed by atoms with E-state index in [4.69, 9.17) is 4.74 Å². The number of hydrogen-bond donors (Lipinski definition) is 3. The van der Waals surface area contributed by atoms with E-state index in [-0.39, 0.29) is 23.5 Å². The van der Waals surface area contributed by atoms with Crippen LogP contribution in [-0.4, -0.2) is 35.6 Å². The third-order valence-corrected chi connectivity index (χ3v) is 9.32. The molecular weight excluding hydrogens is 450 g/mol. The number of aromatic amines is 1. The van der Waals surface area contributed by atoms with Crippen molar-refractivity contribution in [1.29, 1.82) is 0 Å². The molecule has 2 atom stereocenters. The first-order valence-electron chi connectivity index (χ1n) is 13.4. The quantitative estimate of drug-likeness (QED) is 0.472. The first kappa shape index (κ1) is 22.1. The maximum absolute atomic E-state index is 13.3. The molecule has 2 heterocycles. The van der Waals surface area contributed by atoms with Gasteiger partial charge in [0, 0.05) is 34.1 Å². The van der Waals surface area contributed by atoms with Crippen LogP contribution in [0, 0.1) is 17.8 Å². The smallest absolute Gasteiger partial charge is 0.323 e. The topological polar surface area (TPSA) is 83.2 Å². The second-order valence-corrected chi connectivity index (χ2v) is 11.7. The number of fused-ring (bicyclic) bond motifs is 3. The molecule has 186 valence electrons. The van der Waals surface area contributed by atoms with Crippen LogP contribution in [-0.2, 0) is 16.0 Å². The summed E-state index contributed by atoms with van der Waals surface area (Å²) >= 11 is 0. The van der Waals surface area contributed by atoms with Gasteiger partial charge in [-0.1, -0.05) is 30.3 Å². The molecule has 1 aromatic heterocycles. The van der Waals surface area contributed by atoms with Gasteiger partial charge in [-0.25, -0.2) is 0 Å². The molecule has 3 aromatic rings. The summed E-state index contributed by atoms with van der Waals surface area (Å²) < 4.78 is 5.08. The minimum Gasteiger partial charge on any atom is -0.468 e. The van der Waals surface area contributed by atoms with Crippen LogP contribution >= 0.6 is 0 Å². The molecule has 4 aliphatic carbocycles. The zero-order valence-electron chi connectivity index (χ0n) is 20.7. The molecule has 4 saturated carbocycles. The monoisotopic (exact) mass is 483 g/mol. The van der Waals surface area contributed by atoms with Crippen LogP contribution in [0.3, 0.4) is 0 Å². The lowest BCUT2D eigenvalue weighted by atomic mass is 9.53. The van der Waals surface area contributed by atoms with Crippen molar-refractivity contribution < 1.29 is 14.3 Å². The van der Waals surface area contributed by atoms with Crippen molar-refractivity contribution in [3.8, 4) is 0 Å². The molecule has 6 nitrogen and oxygen atoms in total. The molecule has 0 unspecified atom stereocenters. The number of hydrogen-bond acceptors (Lipinski definition) is 4. The Kier molecular flexibility index (Phi) is 5.04. The van der Waals surface area contributed by atoms with Gasteiger partial charge in [0.1, 0.15) is 6.04 Å². The van der Waals surface area contributed by atoms with E-state index >= 15 is 0 Å². The highest BCUT2D eigenvalue weighted by Gasteiger charge is 2.51. The van der Waals surface area contributed by atoms with Crippen molar-refractivity contribution in [1.82, 2.24) is 15.6 Å². The second kappa shape index (κ2) is 8.20. The van der Waals surface area contributed by atoms with Gasteiger partial charge < -0.3 is 15.0 Å². The van der Waals surface area contributed by atoms with Crippen LogP contribution in [0.4, 0.5) is 0 Å². The number of para-hydroxylation sites is 1. The van der Waals surface area contributed by atoms with Crippen LogP contribution in [0.2, 0.25) is 0 Å². The zero-order valence-corrected chi connectivity index (χ0v) is 20.7. The summed E-state index contributed by atoms with van der Waals surface area (Å²) in [5.41, 5.74) is 5.00. The molecule has 4 bridgehead atoms. The summed E-state index contributed by atoms with van der Waals surface area (Å²) in [6.45, 7) is 0. The van der Waals surface area contributed by atoms with E-state index in [0.29, 0.717) is 12.0 Å². The van der Waals surface area contributed by atoms with E-state index < -0.39 is 6.04 Å². The number of aromatic nitrogens is 1. The number of carbonyl (C=O) groups is 2. The molecule has 2 aromatic carbocycles. The lowest BCUT2D eigenvalue weighted by Gasteiger charge is -2.56. The Morgan fingerprint density at radius 1 is 0.944 bits per heavy atom. The summed E-state index contributed by atoms with van der Waals surface area (Å²) in [5, 5.41) is 8.10. The minimum atomic E-state index is -0.425. The normalized spacial score (nSPS) is 32.3. The third kappa shape index (κ3) is 3.57. The predicted octanol–water partition coefficient (Wildman–Crippen LogP) is 4.64. The van der Waals surface area contributed by atoms with E-state index in [1.807, 2.05) is 36.4 Å². The van der Waals surface area contributed by atoms with E-state index in [1.54, 1.807) is 0 Å². The van der Waals surface area contributed by atoms with Gasteiger partial charge in [-0.3, -0.25) is 14.9 Å². The van der Waals surface area contributed by atoms with Crippen molar-refractivity contribution in [2.45, 2.75) is 62.6 Å². The zero-order chi connectivity index (χ0) is 24.4. The Balaban J connectivity index is 1.16. The first-order chi connectivity index (χ1) is 17.5. The summed E-state index contributed by atoms with van der Waals surface area (Å²) in [4.78, 5) is 29.4. The Bertz CT molecular complexity index is 1310. The number of rotatable bonds is 4. The van der Waals surface area contributed by atoms with Gasteiger partial charge in [-0.15, -0.1) is 0 Å². The fraction of sp³-hybridized carbons (Fsp3) is 0.467. The Morgan fingerprint density at radius 2 is 1.61 bits per heavy atom. The molecule has 0 radical (unpaired) electrons. The molecule has 8 rings (SSSR count). The number of nitrogens with one attached hydrogen (secondary N) is 3. The van der Waals surface area contributed by atoms with E-state index in [0.717, 1.165) is 64.7 Å². The molecule has 6 heteroatoms. The van der Waals surface area contributed by atoms with Crippen molar-refractivity contribution in [3.05, 3.63) is 70.9 Å². The summed E-state index contributed by atoms with van der Waals surface area (Å²) in [6.07, 6.45) is 8.10. The highest BCUT2D eigenvalue weighted by Crippen LogP contribution is 2.55. The maximum atomic E-state index is 13.3. The first-order valence-corrected chi connectivity index (χ1v) is 13.4. The Morgan fingerprint density at radius 3 is 2.28 bits per heavy atom. The van der Waals surface area contributed by atoms with Crippen LogP contribution in [0.25, 0.3) is 10.9 Å². The SMILES string of the molecule is COC(=O)[C@H]1Cc2c([nH]c3ccccc23)[C@H](c2ccc(C(=O)NC34CC5CC(CC(C5)C3)C4)cc2)N1. The molecule has 3 N–H and O–H groups in total. The molecule has 5 aliphatic rings. The van der Waals surface area contributed by atoms with E-state index in [2.05, 4.69) is 27.8 Å². The van der Waals surface area contributed by atoms with Gasteiger partial charge in [0.15, 0.2) is 0 Å². The highest BCUT2D eigenvalue weighted by atomic mass is 16.5. The number of amides is 1. The van der Waals surface area contributed by atoms with Crippen molar-refractivity contribution in [2.24, 2.45) is 17.8 Å². The van der Waals surface area contributed by atoms with E-state index in [9.17, 15) is 9.59 Å². The molecule has 36 heavy (non-hydrogen) atoms. The van der Waals surface area contributed by atoms with Crippen molar-refractivity contribution >= 4 is 22.8 Å². The Hall–Kier alpha value is -3.12. The van der Waals surface area contributed by atoms with Crippen LogP contribution in [0.1, 0.15) is 71.7 Å². The van der Waals surface area contributed by atoms with E-state index in [1.165, 1.54) is 26.4 Å². The average molecular weight is 484 g/mol. The number of benzene rings is 2. The standard InChI is InChI=1S/C30H33N3O3/c1-36-29(35)25-13-23-22-4-2-3-5-24(22)31-27(23)26(32-25)20-6-8-21(9-7-20)28(34)33-30-14-17-10-18(15-30)12-19(11-17)16-30/h2-9,17-19,25-26,31-32H,10-16H2,1H3,(H,33,34)/t17?,18?,19?,25-,26+,30?/m1/s1. The largest absolute Gasteiger partial charge is 0.468 e. The fourth-order valence-electron chi connectivity index (χ4n) is 8.19. The summed E-state index contributed by atoms with van der Waals surface area (Å²) in [6, 6.07) is 15.5. The van der Waals surface area contributed by atoms with Crippen molar-refractivity contribution in [2.75, 3.05) is 7.11 Å².